The van der Waals surface area contributed by atoms with Crippen LogP contribution in [0, 0.1) is 6.92 Å². The zero-order valence-electron chi connectivity index (χ0n) is 16.9. The van der Waals surface area contributed by atoms with Crippen molar-refractivity contribution in [2.24, 2.45) is 0 Å². The van der Waals surface area contributed by atoms with E-state index in [2.05, 4.69) is 0 Å². The highest BCUT2D eigenvalue weighted by Gasteiger charge is 2.24. The van der Waals surface area contributed by atoms with Gasteiger partial charge in [0.25, 0.3) is 5.56 Å². The molecule has 2 heterocycles. The maximum Gasteiger partial charge on any atom is 0.348 e. The van der Waals surface area contributed by atoms with Crippen LogP contribution in [0.1, 0.15) is 27.7 Å². The van der Waals surface area contributed by atoms with Gasteiger partial charge in [-0.25, -0.2) is 22.6 Å². The molecule has 0 fully saturated rings. The lowest BCUT2D eigenvalue weighted by atomic mass is 10.1. The molecule has 3 rings (SSSR count). The fraction of sp³-hybridized carbons (Fsp3) is 0.350. The Bertz CT molecular complexity index is 1320. The van der Waals surface area contributed by atoms with Crippen molar-refractivity contribution in [1.29, 1.82) is 0 Å². The Labute approximate surface area is 177 Å². The number of fused-ring (bicyclic) bond motifs is 1. The summed E-state index contributed by atoms with van der Waals surface area (Å²) in [7, 11) is -3.64. The molecule has 0 N–H and O–H groups in total. The van der Waals surface area contributed by atoms with Gasteiger partial charge in [0.05, 0.1) is 12.0 Å². The van der Waals surface area contributed by atoms with Crippen LogP contribution in [0.4, 0.5) is 0 Å². The zero-order valence-corrected chi connectivity index (χ0v) is 18.5. The number of thiophene rings is 1. The summed E-state index contributed by atoms with van der Waals surface area (Å²) in [5.74, 6) is -1.30. The molecule has 3 aromatic rings. The van der Waals surface area contributed by atoms with E-state index in [1.54, 1.807) is 13.8 Å². The molecule has 0 aliphatic rings. The van der Waals surface area contributed by atoms with E-state index in [0.717, 1.165) is 27.7 Å². The molecular formula is C20H22N2O6S2. The highest BCUT2D eigenvalue weighted by atomic mass is 32.2. The molecule has 0 aliphatic carbocycles. The number of hydrogen-bond donors (Lipinski definition) is 0. The molecule has 0 radical (unpaired) electrons. The maximum atomic E-state index is 13.1. The lowest BCUT2D eigenvalue weighted by molar-refractivity contribution is 0.0531. The minimum atomic E-state index is -3.64. The normalized spacial score (nSPS) is 11.7. The summed E-state index contributed by atoms with van der Waals surface area (Å²) < 4.78 is 30.8. The van der Waals surface area contributed by atoms with E-state index in [1.165, 1.54) is 4.57 Å². The maximum absolute atomic E-state index is 13.1. The van der Waals surface area contributed by atoms with E-state index in [-0.39, 0.29) is 23.4 Å². The first-order chi connectivity index (χ1) is 14.1. The summed E-state index contributed by atoms with van der Waals surface area (Å²) >= 11 is 1.01. The number of carbonyl (C=O) groups is 1. The van der Waals surface area contributed by atoms with Gasteiger partial charge in [0.2, 0.25) is 0 Å². The van der Waals surface area contributed by atoms with E-state index >= 15 is 0 Å². The Hall–Kier alpha value is -2.72. The molecule has 1 aromatic carbocycles. The van der Waals surface area contributed by atoms with Gasteiger partial charge in [0.15, 0.2) is 9.84 Å². The minimum absolute atomic E-state index is 0.166. The molecule has 0 aliphatic heterocycles. The third-order valence-electron chi connectivity index (χ3n) is 4.59. The first kappa shape index (κ1) is 22.0. The number of sulfone groups is 1. The molecule has 0 saturated carbocycles. The van der Waals surface area contributed by atoms with Crippen LogP contribution in [0.15, 0.2) is 39.9 Å². The predicted molar refractivity (Wildman–Crippen MR) is 116 cm³/mol. The standard InChI is InChI=1S/C20H22N2O6S2/c1-4-28-19(24)16-13(2)15-17(23)22(12-30(3,26)27)20(25)21(18(15)29-16)11-10-14-8-6-5-7-9-14/h5-9H,4,10-12H2,1-3H3. The Morgan fingerprint density at radius 2 is 1.80 bits per heavy atom. The number of aryl methyl sites for hydroxylation is 3. The fourth-order valence-corrected chi connectivity index (χ4v) is 5.13. The molecule has 0 amide bonds. The SMILES string of the molecule is CCOC(=O)c1sc2c(c1C)c(=O)n(CS(C)(=O)=O)c(=O)n2CCc1ccccc1. The van der Waals surface area contributed by atoms with Crippen LogP contribution >= 0.6 is 11.3 Å². The highest BCUT2D eigenvalue weighted by Crippen LogP contribution is 2.28. The van der Waals surface area contributed by atoms with Crippen molar-refractivity contribution in [3.63, 3.8) is 0 Å². The van der Waals surface area contributed by atoms with Crippen LogP contribution in [0.5, 0.6) is 0 Å². The molecule has 10 heteroatoms. The quantitative estimate of drug-likeness (QED) is 0.510. The molecule has 0 saturated heterocycles. The van der Waals surface area contributed by atoms with Crippen molar-refractivity contribution in [1.82, 2.24) is 9.13 Å². The topological polar surface area (TPSA) is 104 Å². The van der Waals surface area contributed by atoms with Crippen molar-refractivity contribution >= 4 is 37.4 Å². The van der Waals surface area contributed by atoms with Gasteiger partial charge in [-0.3, -0.25) is 9.36 Å². The molecule has 30 heavy (non-hydrogen) atoms. The van der Waals surface area contributed by atoms with Crippen molar-refractivity contribution in [2.75, 3.05) is 12.9 Å². The fourth-order valence-electron chi connectivity index (χ4n) is 3.22. The number of ether oxygens (including phenoxy) is 1. The summed E-state index contributed by atoms with van der Waals surface area (Å²) in [6.07, 6.45) is 1.46. The number of carbonyl (C=O) groups excluding carboxylic acids is 1. The number of aromatic nitrogens is 2. The van der Waals surface area contributed by atoms with E-state index in [1.807, 2.05) is 30.3 Å². The second-order valence-electron chi connectivity index (χ2n) is 6.91. The van der Waals surface area contributed by atoms with E-state index in [0.29, 0.717) is 16.8 Å². The molecule has 0 bridgehead atoms. The second kappa shape index (κ2) is 8.57. The zero-order chi connectivity index (χ0) is 22.1. The first-order valence-electron chi connectivity index (χ1n) is 9.29. The van der Waals surface area contributed by atoms with Crippen LogP contribution in [0.2, 0.25) is 0 Å². The molecule has 0 atom stereocenters. The molecule has 160 valence electrons. The van der Waals surface area contributed by atoms with Crippen LogP contribution in [-0.2, 0) is 33.4 Å². The number of hydrogen-bond acceptors (Lipinski definition) is 7. The van der Waals surface area contributed by atoms with E-state index in [4.69, 9.17) is 4.74 Å². The molecule has 2 aromatic heterocycles. The van der Waals surface area contributed by atoms with Gasteiger partial charge >= 0.3 is 11.7 Å². The van der Waals surface area contributed by atoms with Crippen molar-refractivity contribution in [2.45, 2.75) is 32.7 Å². The molecule has 0 unspecified atom stereocenters. The van der Waals surface area contributed by atoms with Crippen LogP contribution in [0.3, 0.4) is 0 Å². The lowest BCUT2D eigenvalue weighted by Crippen LogP contribution is -2.41. The van der Waals surface area contributed by atoms with Gasteiger partial charge < -0.3 is 4.74 Å². The Kier molecular flexibility index (Phi) is 6.27. The Balaban J connectivity index is 2.25. The lowest BCUT2D eigenvalue weighted by Gasteiger charge is -2.12. The summed E-state index contributed by atoms with van der Waals surface area (Å²) in [5, 5.41) is 0.166. The molecule has 8 nitrogen and oxygen atoms in total. The van der Waals surface area contributed by atoms with Gasteiger partial charge in [0, 0.05) is 12.8 Å². The summed E-state index contributed by atoms with van der Waals surface area (Å²) in [6, 6.07) is 9.48. The highest BCUT2D eigenvalue weighted by molar-refractivity contribution is 7.89. The Morgan fingerprint density at radius 1 is 1.13 bits per heavy atom. The third kappa shape index (κ3) is 4.39. The average molecular weight is 451 g/mol. The summed E-state index contributed by atoms with van der Waals surface area (Å²) in [6.45, 7) is 3.68. The number of esters is 1. The summed E-state index contributed by atoms with van der Waals surface area (Å²) in [4.78, 5) is 39.0. The smallest absolute Gasteiger partial charge is 0.348 e. The van der Waals surface area contributed by atoms with Crippen molar-refractivity contribution in [3.8, 4) is 0 Å². The van der Waals surface area contributed by atoms with Gasteiger partial charge in [-0.2, -0.15) is 0 Å². The minimum Gasteiger partial charge on any atom is -0.462 e. The number of nitrogens with zero attached hydrogens (tertiary/aromatic N) is 2. The van der Waals surface area contributed by atoms with Crippen LogP contribution < -0.4 is 11.2 Å². The first-order valence-corrected chi connectivity index (χ1v) is 12.2. The third-order valence-corrected chi connectivity index (χ3v) is 6.61. The largest absolute Gasteiger partial charge is 0.462 e. The van der Waals surface area contributed by atoms with Gasteiger partial charge in [0.1, 0.15) is 15.6 Å². The van der Waals surface area contributed by atoms with Gasteiger partial charge in [-0.1, -0.05) is 30.3 Å². The van der Waals surface area contributed by atoms with Gasteiger partial charge in [-0.15, -0.1) is 11.3 Å². The average Bonchev–Trinajstić information content (AvgIpc) is 3.03. The number of rotatable bonds is 7. The summed E-state index contributed by atoms with van der Waals surface area (Å²) in [5.41, 5.74) is -0.0716. The Morgan fingerprint density at radius 3 is 2.40 bits per heavy atom. The molecular weight excluding hydrogens is 428 g/mol. The van der Waals surface area contributed by atoms with Crippen molar-refractivity contribution in [3.05, 3.63) is 67.2 Å². The number of benzene rings is 1. The van der Waals surface area contributed by atoms with Gasteiger partial charge in [-0.05, 0) is 31.4 Å². The molecule has 0 spiro atoms. The van der Waals surface area contributed by atoms with E-state index < -0.39 is 32.9 Å². The van der Waals surface area contributed by atoms with Crippen LogP contribution in [-0.4, -0.2) is 36.4 Å². The predicted octanol–water partition coefficient (Wildman–Crippen LogP) is 1.95. The van der Waals surface area contributed by atoms with Crippen LogP contribution in [0.25, 0.3) is 10.2 Å². The second-order valence-corrected chi connectivity index (χ2v) is 10.0. The monoisotopic (exact) mass is 450 g/mol. The van der Waals surface area contributed by atoms with Crippen molar-refractivity contribution < 1.29 is 17.9 Å². The van der Waals surface area contributed by atoms with E-state index in [9.17, 15) is 22.8 Å².